The van der Waals surface area contributed by atoms with Crippen LogP contribution in [0.15, 0.2) is 41.8 Å². The Morgan fingerprint density at radius 3 is 2.62 bits per heavy atom. The Kier molecular flexibility index (Phi) is 3.15. The zero-order chi connectivity index (χ0) is 11.5. The molecule has 16 heavy (non-hydrogen) atoms. The van der Waals surface area contributed by atoms with Crippen LogP contribution in [-0.4, -0.2) is 0 Å². The molecule has 0 nitrogen and oxygen atoms in total. The lowest BCUT2D eigenvalue weighted by atomic mass is 10.0. The van der Waals surface area contributed by atoms with Gasteiger partial charge >= 0.3 is 0 Å². The molecule has 0 atom stereocenters. The summed E-state index contributed by atoms with van der Waals surface area (Å²) in [5.41, 5.74) is 2.40. The molecule has 3 heteroatoms. The first-order valence-corrected chi connectivity index (χ1v) is 5.72. The fourth-order valence-corrected chi connectivity index (χ4v) is 2.29. The third kappa shape index (κ3) is 2.36. The van der Waals surface area contributed by atoms with E-state index in [0.29, 0.717) is 5.56 Å². The number of hydrogen-bond acceptors (Lipinski definition) is 1. The number of aryl methyl sites for hydroxylation is 1. The molecule has 0 bridgehead atoms. The van der Waals surface area contributed by atoms with Crippen molar-refractivity contribution in [2.75, 3.05) is 0 Å². The SMILES string of the molecule is Cc1cc(-c2ccccc2C=C(F)F)cs1. The van der Waals surface area contributed by atoms with Crippen LogP contribution in [0.5, 0.6) is 0 Å². The standard InChI is InChI=1S/C13H10F2S/c1-9-6-11(8-16-9)12-5-3-2-4-10(12)7-13(14)15/h2-8H,1H3. The second-order valence-electron chi connectivity index (χ2n) is 3.47. The summed E-state index contributed by atoms with van der Waals surface area (Å²) >= 11 is 1.62. The summed E-state index contributed by atoms with van der Waals surface area (Å²) in [4.78, 5) is 1.18. The smallest absolute Gasteiger partial charge is 0.173 e. The van der Waals surface area contributed by atoms with Crippen molar-refractivity contribution in [3.8, 4) is 11.1 Å². The van der Waals surface area contributed by atoms with Gasteiger partial charge in [0.1, 0.15) is 0 Å². The average Bonchev–Trinajstić information content (AvgIpc) is 2.65. The highest BCUT2D eigenvalue weighted by molar-refractivity contribution is 7.10. The summed E-state index contributed by atoms with van der Waals surface area (Å²) in [6.45, 7) is 2.00. The van der Waals surface area contributed by atoms with Gasteiger partial charge in [0.05, 0.1) is 0 Å². The number of rotatable bonds is 2. The van der Waals surface area contributed by atoms with Crippen molar-refractivity contribution >= 4 is 17.4 Å². The van der Waals surface area contributed by atoms with Crippen molar-refractivity contribution in [2.45, 2.75) is 6.92 Å². The summed E-state index contributed by atoms with van der Waals surface area (Å²) in [5.74, 6) is 0. The molecular formula is C13H10F2S. The van der Waals surface area contributed by atoms with Crippen molar-refractivity contribution < 1.29 is 8.78 Å². The summed E-state index contributed by atoms with van der Waals surface area (Å²) in [6, 6.07) is 9.18. The van der Waals surface area contributed by atoms with E-state index in [1.807, 2.05) is 30.5 Å². The molecule has 0 aliphatic heterocycles. The molecular weight excluding hydrogens is 226 g/mol. The van der Waals surface area contributed by atoms with Gasteiger partial charge in [-0.15, -0.1) is 11.3 Å². The zero-order valence-electron chi connectivity index (χ0n) is 8.71. The van der Waals surface area contributed by atoms with E-state index in [2.05, 4.69) is 0 Å². The Morgan fingerprint density at radius 2 is 2.00 bits per heavy atom. The van der Waals surface area contributed by atoms with Gasteiger partial charge in [-0.2, -0.15) is 8.78 Å². The maximum absolute atomic E-state index is 12.3. The second kappa shape index (κ2) is 4.58. The topological polar surface area (TPSA) is 0 Å². The monoisotopic (exact) mass is 236 g/mol. The highest BCUT2D eigenvalue weighted by Gasteiger charge is 2.05. The first-order valence-electron chi connectivity index (χ1n) is 4.84. The lowest BCUT2D eigenvalue weighted by molar-refractivity contribution is 0.429. The second-order valence-corrected chi connectivity index (χ2v) is 4.58. The molecule has 0 saturated carbocycles. The first-order chi connectivity index (χ1) is 7.66. The minimum absolute atomic E-state index is 0.556. The molecule has 0 fully saturated rings. The largest absolute Gasteiger partial charge is 0.270 e. The van der Waals surface area contributed by atoms with Gasteiger partial charge in [-0.25, -0.2) is 0 Å². The van der Waals surface area contributed by atoms with E-state index < -0.39 is 6.08 Å². The number of benzene rings is 1. The van der Waals surface area contributed by atoms with Crippen LogP contribution in [-0.2, 0) is 0 Å². The van der Waals surface area contributed by atoms with E-state index in [1.165, 1.54) is 4.88 Å². The van der Waals surface area contributed by atoms with Gasteiger partial charge < -0.3 is 0 Å². The van der Waals surface area contributed by atoms with E-state index in [-0.39, 0.29) is 0 Å². The summed E-state index contributed by atoms with van der Waals surface area (Å²) < 4.78 is 24.6. The third-order valence-electron chi connectivity index (χ3n) is 2.27. The van der Waals surface area contributed by atoms with Crippen LogP contribution in [0.2, 0.25) is 0 Å². The molecule has 0 aliphatic carbocycles. The van der Waals surface area contributed by atoms with Crippen LogP contribution in [0.3, 0.4) is 0 Å². The van der Waals surface area contributed by atoms with Crippen molar-refractivity contribution in [3.63, 3.8) is 0 Å². The zero-order valence-corrected chi connectivity index (χ0v) is 9.52. The Morgan fingerprint density at radius 1 is 1.25 bits per heavy atom. The Balaban J connectivity index is 2.52. The van der Waals surface area contributed by atoms with Crippen molar-refractivity contribution in [2.24, 2.45) is 0 Å². The number of halogens is 2. The Hall–Kier alpha value is -1.48. The summed E-state index contributed by atoms with van der Waals surface area (Å²) in [6.07, 6.45) is -0.762. The molecule has 0 aliphatic rings. The lowest BCUT2D eigenvalue weighted by Gasteiger charge is -2.02. The van der Waals surface area contributed by atoms with E-state index in [0.717, 1.165) is 17.2 Å². The molecule has 1 aromatic heterocycles. The van der Waals surface area contributed by atoms with Crippen LogP contribution in [0.1, 0.15) is 10.4 Å². The van der Waals surface area contributed by atoms with Crippen LogP contribution >= 0.6 is 11.3 Å². The molecule has 1 heterocycles. The van der Waals surface area contributed by atoms with Crippen molar-refractivity contribution in [3.05, 3.63) is 52.2 Å². The maximum Gasteiger partial charge on any atom is 0.270 e. The average molecular weight is 236 g/mol. The first kappa shape index (κ1) is 11.0. The van der Waals surface area contributed by atoms with Gasteiger partial charge in [0.15, 0.2) is 0 Å². The highest BCUT2D eigenvalue weighted by atomic mass is 32.1. The van der Waals surface area contributed by atoms with Gasteiger partial charge in [-0.05, 0) is 35.1 Å². The van der Waals surface area contributed by atoms with Gasteiger partial charge in [-0.3, -0.25) is 0 Å². The Labute approximate surface area is 96.9 Å². The van der Waals surface area contributed by atoms with E-state index in [1.54, 1.807) is 23.5 Å². The molecule has 0 unspecified atom stereocenters. The molecule has 82 valence electrons. The lowest BCUT2D eigenvalue weighted by Crippen LogP contribution is -1.80. The molecule has 2 aromatic rings. The summed E-state index contributed by atoms with van der Waals surface area (Å²) in [7, 11) is 0. The molecule has 0 spiro atoms. The molecule has 0 saturated heterocycles. The summed E-state index contributed by atoms with van der Waals surface area (Å²) in [5, 5.41) is 1.98. The van der Waals surface area contributed by atoms with Crippen molar-refractivity contribution in [1.29, 1.82) is 0 Å². The van der Waals surface area contributed by atoms with Gasteiger partial charge in [0.2, 0.25) is 0 Å². The minimum Gasteiger partial charge on any atom is -0.173 e. The molecule has 0 amide bonds. The minimum atomic E-state index is -1.67. The number of thiophene rings is 1. The molecule has 0 N–H and O–H groups in total. The van der Waals surface area contributed by atoms with Crippen LogP contribution in [0.4, 0.5) is 8.78 Å². The Bertz CT molecular complexity index is 522. The van der Waals surface area contributed by atoms with E-state index in [9.17, 15) is 8.78 Å². The number of hydrogen-bond donors (Lipinski definition) is 0. The normalized spacial score (nSPS) is 10.2. The van der Waals surface area contributed by atoms with Gasteiger partial charge in [0, 0.05) is 11.0 Å². The highest BCUT2D eigenvalue weighted by Crippen LogP contribution is 2.29. The van der Waals surface area contributed by atoms with Gasteiger partial charge in [-0.1, -0.05) is 24.3 Å². The molecule has 1 aromatic carbocycles. The predicted octanol–water partition coefficient (Wildman–Crippen LogP) is 4.96. The van der Waals surface area contributed by atoms with Crippen LogP contribution in [0.25, 0.3) is 17.2 Å². The molecule has 2 rings (SSSR count). The van der Waals surface area contributed by atoms with Crippen LogP contribution in [0, 0.1) is 6.92 Å². The predicted molar refractivity (Wildman–Crippen MR) is 64.7 cm³/mol. The van der Waals surface area contributed by atoms with E-state index in [4.69, 9.17) is 0 Å². The quantitative estimate of drug-likeness (QED) is 0.691. The maximum atomic E-state index is 12.3. The fourth-order valence-electron chi connectivity index (χ4n) is 1.59. The van der Waals surface area contributed by atoms with Crippen molar-refractivity contribution in [1.82, 2.24) is 0 Å². The van der Waals surface area contributed by atoms with E-state index >= 15 is 0 Å². The van der Waals surface area contributed by atoms with Crippen LogP contribution < -0.4 is 0 Å². The molecule has 0 radical (unpaired) electrons. The fraction of sp³-hybridized carbons (Fsp3) is 0.0769. The third-order valence-corrected chi connectivity index (χ3v) is 3.13. The van der Waals surface area contributed by atoms with Gasteiger partial charge in [0.25, 0.3) is 6.08 Å².